The maximum absolute atomic E-state index is 13.3. The number of rotatable bonds is 3. The Labute approximate surface area is 109 Å². The van der Waals surface area contributed by atoms with Crippen LogP contribution in [0.1, 0.15) is 18.5 Å². The van der Waals surface area contributed by atoms with Crippen LogP contribution in [-0.2, 0) is 0 Å². The van der Waals surface area contributed by atoms with Gasteiger partial charge in [-0.3, -0.25) is 4.98 Å². The van der Waals surface area contributed by atoms with Crippen LogP contribution in [0.3, 0.4) is 0 Å². The van der Waals surface area contributed by atoms with E-state index in [9.17, 15) is 8.78 Å². The normalized spacial score (nSPS) is 12.2. The largest absolute Gasteiger partial charge is 0.377 e. The van der Waals surface area contributed by atoms with Crippen LogP contribution in [0, 0.1) is 11.6 Å². The molecule has 0 spiro atoms. The maximum Gasteiger partial charge on any atom is 0.143 e. The summed E-state index contributed by atoms with van der Waals surface area (Å²) in [5.74, 6) is -0.894. The number of hydrogen-bond donors (Lipinski definition) is 1. The number of benzene rings is 1. The molecule has 0 aliphatic heterocycles. The zero-order chi connectivity index (χ0) is 13.1. The van der Waals surface area contributed by atoms with Crippen LogP contribution in [0.5, 0.6) is 0 Å². The molecule has 1 atom stereocenters. The number of pyridine rings is 1. The second-order valence-electron chi connectivity index (χ2n) is 3.93. The first-order valence-electron chi connectivity index (χ1n) is 5.38. The Morgan fingerprint density at radius 2 is 2.00 bits per heavy atom. The second-order valence-corrected chi connectivity index (χ2v) is 4.34. The van der Waals surface area contributed by atoms with Gasteiger partial charge >= 0.3 is 0 Å². The quantitative estimate of drug-likeness (QED) is 0.903. The van der Waals surface area contributed by atoms with Crippen molar-refractivity contribution in [3.8, 4) is 0 Å². The first-order valence-corrected chi connectivity index (χ1v) is 5.76. The number of hydrogen-bond acceptors (Lipinski definition) is 2. The van der Waals surface area contributed by atoms with Crippen molar-refractivity contribution in [1.29, 1.82) is 0 Å². The minimum absolute atomic E-state index is 0.0818. The van der Waals surface area contributed by atoms with Crippen molar-refractivity contribution in [1.82, 2.24) is 4.98 Å². The lowest BCUT2D eigenvalue weighted by atomic mass is 10.1. The molecule has 94 valence electrons. The average molecular weight is 269 g/mol. The van der Waals surface area contributed by atoms with E-state index in [2.05, 4.69) is 10.3 Å². The van der Waals surface area contributed by atoms with E-state index in [4.69, 9.17) is 11.6 Å². The topological polar surface area (TPSA) is 24.9 Å². The number of aromatic nitrogens is 1. The van der Waals surface area contributed by atoms with Crippen LogP contribution in [-0.4, -0.2) is 4.98 Å². The Kier molecular flexibility index (Phi) is 3.77. The third-order valence-corrected chi connectivity index (χ3v) is 2.84. The fourth-order valence-electron chi connectivity index (χ4n) is 1.61. The van der Waals surface area contributed by atoms with Gasteiger partial charge in [0.05, 0.1) is 23.1 Å². The summed E-state index contributed by atoms with van der Waals surface area (Å²) in [6.45, 7) is 1.84. The summed E-state index contributed by atoms with van der Waals surface area (Å²) < 4.78 is 26.3. The predicted molar refractivity (Wildman–Crippen MR) is 67.6 cm³/mol. The smallest absolute Gasteiger partial charge is 0.143 e. The summed E-state index contributed by atoms with van der Waals surface area (Å²) in [4.78, 5) is 3.73. The molecule has 1 unspecified atom stereocenters. The van der Waals surface area contributed by atoms with E-state index in [1.165, 1.54) is 24.4 Å². The molecule has 0 saturated heterocycles. The standard InChI is InChI=1S/C13H11ClF2N2/c1-8(9-2-3-12(14)13(16)4-9)18-11-5-10(15)6-17-7-11/h2-8,18H,1H3. The summed E-state index contributed by atoms with van der Waals surface area (Å²) in [6.07, 6.45) is 2.63. The summed E-state index contributed by atoms with van der Waals surface area (Å²) in [5, 5.41) is 3.12. The molecule has 2 aromatic rings. The molecule has 1 heterocycles. The van der Waals surface area contributed by atoms with Gasteiger partial charge in [-0.2, -0.15) is 0 Å². The van der Waals surface area contributed by atoms with Gasteiger partial charge in [-0.05, 0) is 24.6 Å². The lowest BCUT2D eigenvalue weighted by molar-refractivity contribution is 0.620. The zero-order valence-electron chi connectivity index (χ0n) is 9.62. The molecule has 0 amide bonds. The minimum Gasteiger partial charge on any atom is -0.377 e. The minimum atomic E-state index is -0.472. The van der Waals surface area contributed by atoms with Gasteiger partial charge in [-0.15, -0.1) is 0 Å². The van der Waals surface area contributed by atoms with Crippen molar-refractivity contribution in [2.75, 3.05) is 5.32 Å². The third-order valence-electron chi connectivity index (χ3n) is 2.53. The monoisotopic (exact) mass is 268 g/mol. The van der Waals surface area contributed by atoms with Crippen molar-refractivity contribution in [3.63, 3.8) is 0 Å². The van der Waals surface area contributed by atoms with Crippen molar-refractivity contribution >= 4 is 17.3 Å². The van der Waals surface area contributed by atoms with Crippen LogP contribution in [0.2, 0.25) is 5.02 Å². The Morgan fingerprint density at radius 3 is 2.67 bits per heavy atom. The van der Waals surface area contributed by atoms with E-state index in [0.717, 1.165) is 11.8 Å². The molecule has 2 rings (SSSR count). The molecule has 1 aromatic carbocycles. The molecule has 2 nitrogen and oxygen atoms in total. The summed E-state index contributed by atoms with van der Waals surface area (Å²) in [7, 11) is 0. The molecule has 0 aliphatic carbocycles. The van der Waals surface area contributed by atoms with Crippen molar-refractivity contribution in [2.45, 2.75) is 13.0 Å². The molecule has 0 bridgehead atoms. The van der Waals surface area contributed by atoms with Crippen molar-refractivity contribution < 1.29 is 8.78 Å². The van der Waals surface area contributed by atoms with Crippen LogP contribution >= 0.6 is 11.6 Å². The van der Waals surface area contributed by atoms with Gasteiger partial charge < -0.3 is 5.32 Å². The van der Waals surface area contributed by atoms with Gasteiger partial charge in [0.25, 0.3) is 0 Å². The fourth-order valence-corrected chi connectivity index (χ4v) is 1.72. The van der Waals surface area contributed by atoms with Gasteiger partial charge in [0.15, 0.2) is 0 Å². The van der Waals surface area contributed by atoms with E-state index in [1.807, 2.05) is 6.92 Å². The number of nitrogens with zero attached hydrogens (tertiary/aromatic N) is 1. The first-order chi connectivity index (χ1) is 8.56. The van der Waals surface area contributed by atoms with Crippen LogP contribution < -0.4 is 5.32 Å². The summed E-state index contributed by atoms with van der Waals surface area (Å²) >= 11 is 5.61. The summed E-state index contributed by atoms with van der Waals surface area (Å²) in [6, 6.07) is 5.72. The van der Waals surface area contributed by atoms with E-state index < -0.39 is 11.6 Å². The van der Waals surface area contributed by atoms with Crippen molar-refractivity contribution in [3.05, 3.63) is 58.9 Å². The van der Waals surface area contributed by atoms with Gasteiger partial charge in [0, 0.05) is 12.1 Å². The summed E-state index contributed by atoms with van der Waals surface area (Å²) in [5.41, 5.74) is 1.26. The van der Waals surface area contributed by atoms with Gasteiger partial charge in [0.1, 0.15) is 11.6 Å². The predicted octanol–water partition coefficient (Wildman–Crippen LogP) is 4.19. The molecule has 5 heteroatoms. The van der Waals surface area contributed by atoms with Crippen LogP contribution in [0.15, 0.2) is 36.7 Å². The molecule has 1 aromatic heterocycles. The number of anilines is 1. The van der Waals surface area contributed by atoms with E-state index in [1.54, 1.807) is 6.07 Å². The fraction of sp³-hybridized carbons (Fsp3) is 0.154. The molecule has 1 N–H and O–H groups in total. The Hall–Kier alpha value is -1.68. The number of nitrogens with one attached hydrogen (secondary N) is 1. The molecule has 18 heavy (non-hydrogen) atoms. The molecule has 0 aliphatic rings. The molecule has 0 radical (unpaired) electrons. The van der Waals surface area contributed by atoms with E-state index in [0.29, 0.717) is 5.69 Å². The SMILES string of the molecule is CC(Nc1cncc(F)c1)c1ccc(Cl)c(F)c1. The van der Waals surface area contributed by atoms with Crippen LogP contribution in [0.4, 0.5) is 14.5 Å². The van der Waals surface area contributed by atoms with Crippen molar-refractivity contribution in [2.24, 2.45) is 0 Å². The second kappa shape index (κ2) is 5.31. The van der Waals surface area contributed by atoms with E-state index in [-0.39, 0.29) is 11.1 Å². The zero-order valence-corrected chi connectivity index (χ0v) is 10.4. The Balaban J connectivity index is 2.16. The highest BCUT2D eigenvalue weighted by Gasteiger charge is 2.08. The number of halogens is 3. The highest BCUT2D eigenvalue weighted by molar-refractivity contribution is 6.30. The average Bonchev–Trinajstić information content (AvgIpc) is 2.32. The third kappa shape index (κ3) is 2.96. The Bertz CT molecular complexity index is 560. The van der Waals surface area contributed by atoms with Crippen LogP contribution in [0.25, 0.3) is 0 Å². The molecule has 0 saturated carbocycles. The molecular weight excluding hydrogens is 258 g/mol. The highest BCUT2D eigenvalue weighted by Crippen LogP contribution is 2.23. The maximum atomic E-state index is 13.3. The van der Waals surface area contributed by atoms with Gasteiger partial charge in [-0.25, -0.2) is 8.78 Å². The van der Waals surface area contributed by atoms with Gasteiger partial charge in [-0.1, -0.05) is 17.7 Å². The molecule has 0 fully saturated rings. The highest BCUT2D eigenvalue weighted by atomic mass is 35.5. The molecular formula is C13H11ClF2N2. The van der Waals surface area contributed by atoms with E-state index >= 15 is 0 Å². The Morgan fingerprint density at radius 1 is 1.22 bits per heavy atom. The first kappa shape index (κ1) is 12.8. The van der Waals surface area contributed by atoms with Gasteiger partial charge in [0.2, 0.25) is 0 Å². The lowest BCUT2D eigenvalue weighted by Gasteiger charge is -2.15. The lowest BCUT2D eigenvalue weighted by Crippen LogP contribution is -2.07.